The van der Waals surface area contributed by atoms with Gasteiger partial charge in [0, 0.05) is 18.3 Å². The summed E-state index contributed by atoms with van der Waals surface area (Å²) in [4.78, 5) is 5.88. The van der Waals surface area contributed by atoms with Crippen molar-refractivity contribution in [2.24, 2.45) is 5.41 Å². The van der Waals surface area contributed by atoms with E-state index >= 15 is 0 Å². The Morgan fingerprint density at radius 2 is 1.69 bits per heavy atom. The summed E-state index contributed by atoms with van der Waals surface area (Å²) in [6.45, 7) is 3.49. The van der Waals surface area contributed by atoms with Crippen LogP contribution in [0.15, 0.2) is 42.6 Å². The van der Waals surface area contributed by atoms with Gasteiger partial charge in [0.25, 0.3) is 0 Å². The third-order valence-corrected chi connectivity index (χ3v) is 7.64. The maximum Gasteiger partial charge on any atom is 0.433 e. The summed E-state index contributed by atoms with van der Waals surface area (Å²) in [5.74, 6) is 2.48. The summed E-state index contributed by atoms with van der Waals surface area (Å²) in [7, 11) is 0. The lowest BCUT2D eigenvalue weighted by atomic mass is 9.81. The topological polar surface area (TPSA) is 48.4 Å². The van der Waals surface area contributed by atoms with Crippen molar-refractivity contribution in [3.05, 3.63) is 48.3 Å². The van der Waals surface area contributed by atoms with E-state index in [1.54, 1.807) is 0 Å². The molecule has 8 heteroatoms. The molecule has 1 aromatic carbocycles. The first-order chi connectivity index (χ1) is 13.8. The molecule has 156 valence electrons. The van der Waals surface area contributed by atoms with Gasteiger partial charge in [0.05, 0.1) is 5.41 Å². The summed E-state index contributed by atoms with van der Waals surface area (Å²) < 4.78 is 55.0. The van der Waals surface area contributed by atoms with Crippen LogP contribution >= 0.6 is 0 Å². The van der Waals surface area contributed by atoms with Gasteiger partial charge in [-0.15, -0.1) is 0 Å². The van der Waals surface area contributed by atoms with Gasteiger partial charge in [0.1, 0.15) is 29.6 Å². The first kappa shape index (κ1) is 20.5. The summed E-state index contributed by atoms with van der Waals surface area (Å²) in [5, 5.41) is 0. The number of alkyl halides is 3. The Hall–Kier alpha value is -1.77. The molecule has 0 radical (unpaired) electrons. The Bertz CT molecular complexity index is 811. The molecule has 2 saturated heterocycles. The Morgan fingerprint density at radius 3 is 2.24 bits per heavy atom. The quantitative estimate of drug-likeness (QED) is 0.681. The van der Waals surface area contributed by atoms with Gasteiger partial charge in [0.2, 0.25) is 0 Å². The predicted molar refractivity (Wildman–Crippen MR) is 106 cm³/mol. The molecule has 1 aromatic heterocycles. The van der Waals surface area contributed by atoms with E-state index < -0.39 is 23.0 Å². The van der Waals surface area contributed by atoms with Gasteiger partial charge in [-0.1, -0.05) is 29.4 Å². The molecule has 1 spiro atoms. The Morgan fingerprint density at radius 1 is 1.03 bits per heavy atom. The van der Waals surface area contributed by atoms with Crippen LogP contribution in [0.4, 0.5) is 13.2 Å². The molecule has 2 aromatic rings. The fourth-order valence-corrected chi connectivity index (χ4v) is 5.81. The number of hydrogen-bond donors (Lipinski definition) is 0. The molecule has 2 aliphatic heterocycles. The Kier molecular flexibility index (Phi) is 5.77. The summed E-state index contributed by atoms with van der Waals surface area (Å²) in [5.41, 5.74) is 0.863. The van der Waals surface area contributed by atoms with Crippen molar-refractivity contribution in [2.75, 3.05) is 37.7 Å². The minimum atomic E-state index is -4.43. The van der Waals surface area contributed by atoms with E-state index in [4.69, 9.17) is 4.74 Å². The average Bonchev–Trinajstić information content (AvgIpc) is 2.68. The van der Waals surface area contributed by atoms with Crippen LogP contribution in [-0.2, 0) is 17.4 Å². The second-order valence-corrected chi connectivity index (χ2v) is 9.33. The molecular formula is C21H23F3N2O2S. The van der Waals surface area contributed by atoms with Crippen molar-refractivity contribution in [2.45, 2.75) is 19.0 Å². The van der Waals surface area contributed by atoms with E-state index in [-0.39, 0.29) is 0 Å². The zero-order chi connectivity index (χ0) is 20.5. The summed E-state index contributed by atoms with van der Waals surface area (Å²) in [6, 6.07) is 9.70. The number of likely N-dealkylation sites (tertiary alicyclic amines) is 1. The number of aromatic nitrogens is 1. The van der Waals surface area contributed by atoms with Gasteiger partial charge in [-0.25, -0.2) is 0 Å². The van der Waals surface area contributed by atoms with Crippen LogP contribution in [0.2, 0.25) is 0 Å². The summed E-state index contributed by atoms with van der Waals surface area (Å²) >= 11 is -0.589. The third-order valence-electron chi connectivity index (χ3n) is 5.77. The number of hydrogen-bond acceptors (Lipinski definition) is 4. The van der Waals surface area contributed by atoms with E-state index in [1.807, 2.05) is 24.3 Å². The third kappa shape index (κ3) is 4.87. The monoisotopic (exact) mass is 424 g/mol. The molecule has 0 N–H and O–H groups in total. The van der Waals surface area contributed by atoms with Crippen LogP contribution in [0.3, 0.4) is 0 Å². The number of nitrogens with zero attached hydrogens (tertiary/aromatic N) is 2. The zero-order valence-electron chi connectivity index (χ0n) is 16.0. The van der Waals surface area contributed by atoms with Gasteiger partial charge in [-0.05, 0) is 49.7 Å². The number of halogens is 3. The summed E-state index contributed by atoms with van der Waals surface area (Å²) in [6.07, 6.45) is -0.954. The molecule has 0 unspecified atom stereocenters. The first-order valence-electron chi connectivity index (χ1n) is 9.67. The van der Waals surface area contributed by atoms with Gasteiger partial charge < -0.3 is 9.29 Å². The van der Waals surface area contributed by atoms with Crippen LogP contribution < -0.4 is 4.74 Å². The highest BCUT2D eigenvalue weighted by molar-refractivity contribution is 7.92. The maximum atomic E-state index is 12.6. The molecular weight excluding hydrogens is 401 g/mol. The molecule has 4 rings (SSSR count). The van der Waals surface area contributed by atoms with Crippen molar-refractivity contribution in [1.29, 1.82) is 0 Å². The molecule has 0 bridgehead atoms. The van der Waals surface area contributed by atoms with Crippen LogP contribution in [0, 0.1) is 5.41 Å². The average molecular weight is 424 g/mol. The molecule has 4 nitrogen and oxygen atoms in total. The Labute approximate surface area is 171 Å². The van der Waals surface area contributed by atoms with Crippen LogP contribution in [0.25, 0.3) is 11.1 Å². The lowest BCUT2D eigenvalue weighted by Gasteiger charge is -2.47. The lowest BCUT2D eigenvalue weighted by Crippen LogP contribution is -2.54. The van der Waals surface area contributed by atoms with Gasteiger partial charge in [0.15, 0.2) is 0 Å². The van der Waals surface area contributed by atoms with E-state index in [0.717, 1.165) is 61.4 Å². The number of ether oxygens (including phenoxy) is 1. The van der Waals surface area contributed by atoms with Crippen LogP contribution in [0.5, 0.6) is 5.75 Å². The first-order valence-corrected chi connectivity index (χ1v) is 11.2. The van der Waals surface area contributed by atoms with Crippen molar-refractivity contribution in [3.63, 3.8) is 0 Å². The molecule has 0 amide bonds. The molecule has 0 saturated carbocycles. The lowest BCUT2D eigenvalue weighted by molar-refractivity contribution is -0.141. The number of rotatable bonds is 5. The molecule has 0 aliphatic carbocycles. The second kappa shape index (κ2) is 8.16. The van der Waals surface area contributed by atoms with Crippen LogP contribution in [0.1, 0.15) is 18.5 Å². The highest BCUT2D eigenvalue weighted by Gasteiger charge is 2.49. The largest absolute Gasteiger partial charge is 0.616 e. The van der Waals surface area contributed by atoms with Crippen molar-refractivity contribution in [3.8, 4) is 16.9 Å². The predicted octanol–water partition coefficient (Wildman–Crippen LogP) is 3.99. The normalized spacial score (nSPS) is 19.9. The fraction of sp³-hybridized carbons (Fsp3) is 0.476. The molecule has 2 aliphatic rings. The Balaban J connectivity index is 1.24. The SMILES string of the molecule is [O-][S+]1CC2(CCN(CCOc3ccc(-c4ccc(C(F)(F)F)nc4)cc3)CC2)C1. The number of pyridine rings is 1. The second-order valence-electron chi connectivity index (χ2n) is 7.87. The minimum Gasteiger partial charge on any atom is -0.616 e. The molecule has 0 atom stereocenters. The maximum absolute atomic E-state index is 12.6. The van der Waals surface area contributed by atoms with E-state index in [1.165, 1.54) is 12.3 Å². The van der Waals surface area contributed by atoms with Gasteiger partial charge in [-0.2, -0.15) is 13.2 Å². The highest BCUT2D eigenvalue weighted by Crippen LogP contribution is 2.42. The van der Waals surface area contributed by atoms with Gasteiger partial charge in [-0.3, -0.25) is 9.88 Å². The van der Waals surface area contributed by atoms with Crippen LogP contribution in [-0.4, -0.2) is 52.2 Å². The number of piperidine rings is 1. The van der Waals surface area contributed by atoms with Crippen molar-refractivity contribution >= 4 is 11.2 Å². The smallest absolute Gasteiger partial charge is 0.433 e. The van der Waals surface area contributed by atoms with E-state index in [9.17, 15) is 17.7 Å². The van der Waals surface area contributed by atoms with E-state index in [2.05, 4.69) is 9.88 Å². The number of benzene rings is 1. The zero-order valence-corrected chi connectivity index (χ0v) is 16.8. The molecule has 29 heavy (non-hydrogen) atoms. The minimum absolute atomic E-state index is 0.339. The van der Waals surface area contributed by atoms with Crippen molar-refractivity contribution < 1.29 is 22.5 Å². The molecule has 3 heterocycles. The van der Waals surface area contributed by atoms with Gasteiger partial charge >= 0.3 is 6.18 Å². The van der Waals surface area contributed by atoms with Crippen molar-refractivity contribution in [1.82, 2.24) is 9.88 Å². The standard InChI is InChI=1S/C21H23F3N2O2S/c22-21(23,24)19-6-3-17(13-25-19)16-1-4-18(5-2-16)28-12-11-26-9-7-20(8-10-26)14-29(27)15-20/h1-6,13H,7-12,14-15H2. The molecule has 2 fully saturated rings. The highest BCUT2D eigenvalue weighted by atomic mass is 32.2. The van der Waals surface area contributed by atoms with E-state index in [0.29, 0.717) is 17.6 Å². The fourth-order valence-electron chi connectivity index (χ4n) is 3.95.